The second-order valence-corrected chi connectivity index (χ2v) is 6.44. The summed E-state index contributed by atoms with van der Waals surface area (Å²) in [5, 5.41) is 11.5. The molecule has 0 aliphatic carbocycles. The van der Waals surface area contributed by atoms with Gasteiger partial charge in [-0.05, 0) is 28.1 Å². The Kier molecular flexibility index (Phi) is 3.53. The van der Waals surface area contributed by atoms with Crippen molar-refractivity contribution in [3.8, 4) is 10.6 Å². The predicted octanol–water partition coefficient (Wildman–Crippen LogP) is 1.77. The van der Waals surface area contributed by atoms with Gasteiger partial charge in [-0.15, -0.1) is 21.5 Å². The van der Waals surface area contributed by atoms with Crippen LogP contribution in [-0.2, 0) is 0 Å². The van der Waals surface area contributed by atoms with E-state index < -0.39 is 0 Å². The summed E-state index contributed by atoms with van der Waals surface area (Å²) in [7, 11) is 0. The van der Waals surface area contributed by atoms with E-state index in [0.717, 1.165) is 46.4 Å². The van der Waals surface area contributed by atoms with Gasteiger partial charge < -0.3 is 10.2 Å². The molecule has 1 fully saturated rings. The molecule has 1 saturated heterocycles. The van der Waals surface area contributed by atoms with Crippen molar-refractivity contribution in [2.75, 3.05) is 31.1 Å². The van der Waals surface area contributed by atoms with E-state index in [1.54, 1.807) is 11.3 Å². The molecule has 0 atom stereocenters. The van der Waals surface area contributed by atoms with Gasteiger partial charge >= 0.3 is 0 Å². The van der Waals surface area contributed by atoms with Gasteiger partial charge in [-0.1, -0.05) is 0 Å². The van der Waals surface area contributed by atoms with Crippen LogP contribution >= 0.6 is 27.3 Å². The number of hydrogen-bond donors (Lipinski definition) is 1. The Morgan fingerprint density at radius 3 is 2.83 bits per heavy atom. The van der Waals surface area contributed by atoms with Crippen molar-refractivity contribution in [3.05, 3.63) is 22.2 Å². The van der Waals surface area contributed by atoms with E-state index in [2.05, 4.69) is 41.3 Å². The van der Waals surface area contributed by atoms with Crippen molar-refractivity contribution in [1.82, 2.24) is 20.5 Å². The standard InChI is InChI=1S/C11H12BrN5S/c12-9-2-1-8(18-9)10-11(14-7-15-16-10)17-5-3-13-4-6-17/h1-2,7,13H,3-6H2. The monoisotopic (exact) mass is 325 g/mol. The van der Waals surface area contributed by atoms with Crippen molar-refractivity contribution in [2.45, 2.75) is 0 Å². The minimum Gasteiger partial charge on any atom is -0.352 e. The van der Waals surface area contributed by atoms with Gasteiger partial charge in [-0.25, -0.2) is 4.98 Å². The Morgan fingerprint density at radius 1 is 1.28 bits per heavy atom. The highest BCUT2D eigenvalue weighted by atomic mass is 79.9. The molecule has 7 heteroatoms. The van der Waals surface area contributed by atoms with Crippen LogP contribution in [0.2, 0.25) is 0 Å². The van der Waals surface area contributed by atoms with Crippen LogP contribution in [0.5, 0.6) is 0 Å². The first-order valence-electron chi connectivity index (χ1n) is 5.73. The zero-order valence-electron chi connectivity index (χ0n) is 9.64. The number of anilines is 1. The Balaban J connectivity index is 1.99. The zero-order valence-corrected chi connectivity index (χ0v) is 12.0. The fourth-order valence-corrected chi connectivity index (χ4v) is 3.35. The number of halogens is 1. The third-order valence-electron chi connectivity index (χ3n) is 2.82. The largest absolute Gasteiger partial charge is 0.352 e. The molecule has 3 heterocycles. The smallest absolute Gasteiger partial charge is 0.159 e. The molecule has 0 spiro atoms. The summed E-state index contributed by atoms with van der Waals surface area (Å²) in [5.41, 5.74) is 0.870. The number of nitrogens with one attached hydrogen (secondary N) is 1. The summed E-state index contributed by atoms with van der Waals surface area (Å²) in [4.78, 5) is 7.76. The number of aromatic nitrogens is 3. The van der Waals surface area contributed by atoms with E-state index in [9.17, 15) is 0 Å². The predicted molar refractivity (Wildman–Crippen MR) is 75.9 cm³/mol. The quantitative estimate of drug-likeness (QED) is 0.912. The van der Waals surface area contributed by atoms with Gasteiger partial charge in [0.2, 0.25) is 0 Å². The van der Waals surface area contributed by atoms with Gasteiger partial charge in [-0.2, -0.15) is 0 Å². The summed E-state index contributed by atoms with van der Waals surface area (Å²) in [6.45, 7) is 3.88. The maximum Gasteiger partial charge on any atom is 0.159 e. The number of rotatable bonds is 2. The molecule has 0 bridgehead atoms. The summed E-state index contributed by atoms with van der Waals surface area (Å²) in [5.74, 6) is 0.931. The molecular weight excluding hydrogens is 314 g/mol. The van der Waals surface area contributed by atoms with E-state index in [4.69, 9.17) is 0 Å². The molecule has 0 saturated carbocycles. The average Bonchev–Trinajstić information content (AvgIpc) is 2.86. The molecule has 1 aliphatic heterocycles. The molecule has 0 unspecified atom stereocenters. The van der Waals surface area contributed by atoms with E-state index in [1.165, 1.54) is 6.33 Å². The van der Waals surface area contributed by atoms with E-state index in [0.29, 0.717) is 0 Å². The summed E-state index contributed by atoms with van der Waals surface area (Å²) < 4.78 is 1.09. The van der Waals surface area contributed by atoms with Crippen molar-refractivity contribution in [1.29, 1.82) is 0 Å². The minimum atomic E-state index is 0.870. The minimum absolute atomic E-state index is 0.870. The lowest BCUT2D eigenvalue weighted by Crippen LogP contribution is -2.44. The lowest BCUT2D eigenvalue weighted by molar-refractivity contribution is 0.584. The first-order chi connectivity index (χ1) is 8.84. The van der Waals surface area contributed by atoms with Crippen LogP contribution in [0, 0.1) is 0 Å². The van der Waals surface area contributed by atoms with Crippen molar-refractivity contribution >= 4 is 33.1 Å². The van der Waals surface area contributed by atoms with Gasteiger partial charge in [-0.3, -0.25) is 0 Å². The van der Waals surface area contributed by atoms with Crippen molar-refractivity contribution in [2.24, 2.45) is 0 Å². The molecule has 5 nitrogen and oxygen atoms in total. The molecule has 0 amide bonds. The maximum atomic E-state index is 4.40. The van der Waals surface area contributed by atoms with Crippen LogP contribution in [0.3, 0.4) is 0 Å². The fraction of sp³-hybridized carbons (Fsp3) is 0.364. The first kappa shape index (κ1) is 12.0. The number of nitrogens with zero attached hydrogens (tertiary/aromatic N) is 4. The second kappa shape index (κ2) is 5.29. The van der Waals surface area contributed by atoms with Gasteiger partial charge in [0.15, 0.2) is 5.82 Å². The average molecular weight is 326 g/mol. The van der Waals surface area contributed by atoms with E-state index in [-0.39, 0.29) is 0 Å². The van der Waals surface area contributed by atoms with Crippen LogP contribution in [0.1, 0.15) is 0 Å². The van der Waals surface area contributed by atoms with Crippen LogP contribution in [0.4, 0.5) is 5.82 Å². The Hall–Kier alpha value is -1.05. The van der Waals surface area contributed by atoms with E-state index >= 15 is 0 Å². The van der Waals surface area contributed by atoms with Crippen LogP contribution in [-0.4, -0.2) is 41.4 Å². The molecule has 1 aliphatic rings. The molecule has 0 aromatic carbocycles. The summed E-state index contributed by atoms with van der Waals surface area (Å²) in [6, 6.07) is 4.07. The molecule has 2 aromatic rings. The lowest BCUT2D eigenvalue weighted by atomic mass is 10.3. The lowest BCUT2D eigenvalue weighted by Gasteiger charge is -2.28. The van der Waals surface area contributed by atoms with Crippen molar-refractivity contribution in [3.63, 3.8) is 0 Å². The van der Waals surface area contributed by atoms with Crippen molar-refractivity contribution < 1.29 is 0 Å². The molecule has 1 N–H and O–H groups in total. The zero-order chi connectivity index (χ0) is 12.4. The summed E-state index contributed by atoms with van der Waals surface area (Å²) in [6.07, 6.45) is 1.52. The van der Waals surface area contributed by atoms with Gasteiger partial charge in [0.05, 0.1) is 8.66 Å². The third kappa shape index (κ3) is 2.38. The highest BCUT2D eigenvalue weighted by Gasteiger charge is 2.18. The first-order valence-corrected chi connectivity index (χ1v) is 7.34. The Labute approximate surface area is 117 Å². The molecule has 0 radical (unpaired) electrons. The Bertz CT molecular complexity index is 538. The van der Waals surface area contributed by atoms with Gasteiger partial charge in [0.1, 0.15) is 12.0 Å². The highest BCUT2D eigenvalue weighted by molar-refractivity contribution is 9.11. The van der Waals surface area contributed by atoms with Crippen LogP contribution in [0.15, 0.2) is 22.2 Å². The van der Waals surface area contributed by atoms with Crippen LogP contribution in [0.25, 0.3) is 10.6 Å². The third-order valence-corrected chi connectivity index (χ3v) is 4.45. The molecule has 2 aromatic heterocycles. The number of piperazine rings is 1. The van der Waals surface area contributed by atoms with Gasteiger partial charge in [0, 0.05) is 26.2 Å². The number of thiophene rings is 1. The SMILES string of the molecule is Brc1ccc(-c2nncnc2N2CCNCC2)s1. The number of hydrogen-bond acceptors (Lipinski definition) is 6. The second-order valence-electron chi connectivity index (χ2n) is 3.97. The fourth-order valence-electron chi connectivity index (χ4n) is 1.98. The molecule has 3 rings (SSSR count). The molecule has 94 valence electrons. The maximum absolute atomic E-state index is 4.40. The topological polar surface area (TPSA) is 53.9 Å². The molecule has 18 heavy (non-hydrogen) atoms. The van der Waals surface area contributed by atoms with Gasteiger partial charge in [0.25, 0.3) is 0 Å². The molecular formula is C11H12BrN5S. The summed E-state index contributed by atoms with van der Waals surface area (Å²) >= 11 is 5.13. The van der Waals surface area contributed by atoms with Crippen LogP contribution < -0.4 is 10.2 Å². The Morgan fingerprint density at radius 2 is 2.11 bits per heavy atom. The normalized spacial score (nSPS) is 15.9. The van der Waals surface area contributed by atoms with E-state index in [1.807, 2.05) is 12.1 Å². The highest BCUT2D eigenvalue weighted by Crippen LogP contribution is 2.34.